The lowest BCUT2D eigenvalue weighted by Gasteiger charge is -2.10. The Labute approximate surface area is 160 Å². The number of hydrogen-bond acceptors (Lipinski definition) is 6. The predicted octanol–water partition coefficient (Wildman–Crippen LogP) is 2.90. The number of rotatable bonds is 5. The van der Waals surface area contributed by atoms with Crippen LogP contribution in [0.4, 0.5) is 0 Å². The van der Waals surface area contributed by atoms with Gasteiger partial charge in [0.05, 0.1) is 16.7 Å². The van der Waals surface area contributed by atoms with Crippen LogP contribution in [0.1, 0.15) is 12.7 Å². The van der Waals surface area contributed by atoms with Gasteiger partial charge in [0.1, 0.15) is 5.82 Å². The molecular weight excluding hydrogens is 360 g/mol. The van der Waals surface area contributed by atoms with Crippen LogP contribution >= 0.6 is 11.8 Å². The first-order chi connectivity index (χ1) is 13.2. The van der Waals surface area contributed by atoms with Gasteiger partial charge in [-0.05, 0) is 31.2 Å². The standard InChI is InChI=1S/C19H18N6OS/c1-3-25-17(13-8-10-20-11-9-13)22-23-19(25)27-12-16-21-15-7-5-4-6-14(15)18(26)24(16)2/h4-11H,3,12H2,1-2H3. The Kier molecular flexibility index (Phi) is 4.72. The van der Waals surface area contributed by atoms with E-state index in [9.17, 15) is 4.79 Å². The number of benzene rings is 1. The smallest absolute Gasteiger partial charge is 0.261 e. The molecule has 1 aromatic carbocycles. The average molecular weight is 378 g/mol. The van der Waals surface area contributed by atoms with Crippen molar-refractivity contribution in [2.24, 2.45) is 7.05 Å². The van der Waals surface area contributed by atoms with Gasteiger partial charge in [0.2, 0.25) is 0 Å². The van der Waals surface area contributed by atoms with E-state index in [4.69, 9.17) is 0 Å². The summed E-state index contributed by atoms with van der Waals surface area (Å²) in [6.07, 6.45) is 3.48. The molecule has 3 aromatic heterocycles. The quantitative estimate of drug-likeness (QED) is 0.497. The van der Waals surface area contributed by atoms with Crippen molar-refractivity contribution in [3.8, 4) is 11.4 Å². The van der Waals surface area contributed by atoms with Crippen LogP contribution in [0.15, 0.2) is 58.7 Å². The van der Waals surface area contributed by atoms with Crippen LogP contribution in [0.5, 0.6) is 0 Å². The van der Waals surface area contributed by atoms with E-state index in [1.165, 1.54) is 11.8 Å². The van der Waals surface area contributed by atoms with Crippen molar-refractivity contribution in [2.45, 2.75) is 24.4 Å². The van der Waals surface area contributed by atoms with E-state index in [1.54, 1.807) is 30.1 Å². The number of hydrogen-bond donors (Lipinski definition) is 0. The molecule has 0 amide bonds. The van der Waals surface area contributed by atoms with Gasteiger partial charge in [-0.15, -0.1) is 10.2 Å². The predicted molar refractivity (Wildman–Crippen MR) is 105 cm³/mol. The highest BCUT2D eigenvalue weighted by molar-refractivity contribution is 7.98. The number of nitrogens with zero attached hydrogens (tertiary/aromatic N) is 6. The summed E-state index contributed by atoms with van der Waals surface area (Å²) >= 11 is 1.52. The number of aromatic nitrogens is 6. The van der Waals surface area contributed by atoms with Gasteiger partial charge in [-0.1, -0.05) is 23.9 Å². The molecule has 0 saturated carbocycles. The molecule has 4 rings (SSSR count). The molecule has 0 spiro atoms. The van der Waals surface area contributed by atoms with E-state index in [1.807, 2.05) is 30.3 Å². The molecule has 0 bridgehead atoms. The van der Waals surface area contributed by atoms with Crippen LogP contribution in [-0.4, -0.2) is 29.3 Å². The Hall–Kier alpha value is -3.00. The minimum absolute atomic E-state index is 0.0365. The summed E-state index contributed by atoms with van der Waals surface area (Å²) in [6, 6.07) is 11.2. The molecule has 0 aliphatic rings. The Morgan fingerprint density at radius 2 is 1.85 bits per heavy atom. The number of thioether (sulfide) groups is 1. The van der Waals surface area contributed by atoms with E-state index < -0.39 is 0 Å². The van der Waals surface area contributed by atoms with Crippen molar-refractivity contribution in [3.05, 3.63) is 65.0 Å². The Balaban J connectivity index is 1.65. The summed E-state index contributed by atoms with van der Waals surface area (Å²) < 4.78 is 3.66. The molecule has 27 heavy (non-hydrogen) atoms. The van der Waals surface area contributed by atoms with E-state index >= 15 is 0 Å². The highest BCUT2D eigenvalue weighted by Gasteiger charge is 2.15. The summed E-state index contributed by atoms with van der Waals surface area (Å²) in [4.78, 5) is 21.2. The molecule has 0 radical (unpaired) electrons. The first kappa shape index (κ1) is 17.4. The van der Waals surface area contributed by atoms with Gasteiger partial charge in [-0.3, -0.25) is 14.3 Å². The van der Waals surface area contributed by atoms with Crippen molar-refractivity contribution in [1.82, 2.24) is 29.3 Å². The largest absolute Gasteiger partial charge is 0.302 e. The SMILES string of the molecule is CCn1c(SCc2nc3ccccc3c(=O)n2C)nnc1-c1ccncc1. The topological polar surface area (TPSA) is 78.5 Å². The highest BCUT2D eigenvalue weighted by atomic mass is 32.2. The summed E-state index contributed by atoms with van der Waals surface area (Å²) in [6.45, 7) is 2.80. The zero-order valence-electron chi connectivity index (χ0n) is 15.0. The van der Waals surface area contributed by atoms with Crippen molar-refractivity contribution in [1.29, 1.82) is 0 Å². The second kappa shape index (κ2) is 7.32. The lowest BCUT2D eigenvalue weighted by atomic mass is 10.2. The molecule has 0 fully saturated rings. The number of para-hydroxylation sites is 1. The third-order valence-corrected chi connectivity index (χ3v) is 5.34. The molecule has 0 unspecified atom stereocenters. The molecule has 0 aliphatic carbocycles. The van der Waals surface area contributed by atoms with Crippen molar-refractivity contribution in [3.63, 3.8) is 0 Å². The monoisotopic (exact) mass is 378 g/mol. The zero-order valence-corrected chi connectivity index (χ0v) is 15.8. The first-order valence-electron chi connectivity index (χ1n) is 8.60. The second-order valence-electron chi connectivity index (χ2n) is 5.98. The van der Waals surface area contributed by atoms with Crippen LogP contribution in [0, 0.1) is 0 Å². The molecule has 0 N–H and O–H groups in total. The lowest BCUT2D eigenvalue weighted by molar-refractivity contribution is 0.686. The van der Waals surface area contributed by atoms with E-state index in [2.05, 4.69) is 31.7 Å². The molecule has 7 nitrogen and oxygen atoms in total. The third kappa shape index (κ3) is 3.23. The zero-order chi connectivity index (χ0) is 18.8. The molecule has 136 valence electrons. The van der Waals surface area contributed by atoms with Crippen molar-refractivity contribution in [2.75, 3.05) is 0 Å². The Bertz CT molecular complexity index is 1150. The fourth-order valence-electron chi connectivity index (χ4n) is 2.92. The van der Waals surface area contributed by atoms with Gasteiger partial charge in [0, 0.05) is 31.5 Å². The molecule has 3 heterocycles. The molecule has 0 aliphatic heterocycles. The summed E-state index contributed by atoms with van der Waals surface area (Å²) in [5.74, 6) is 2.05. The fourth-order valence-corrected chi connectivity index (χ4v) is 3.90. The lowest BCUT2D eigenvalue weighted by Crippen LogP contribution is -2.22. The number of fused-ring (bicyclic) bond motifs is 1. The van der Waals surface area contributed by atoms with Crippen molar-refractivity contribution >= 4 is 22.7 Å². The van der Waals surface area contributed by atoms with Gasteiger partial charge in [-0.2, -0.15) is 0 Å². The van der Waals surface area contributed by atoms with Gasteiger partial charge < -0.3 is 4.57 Å². The normalized spacial score (nSPS) is 11.2. The first-order valence-corrected chi connectivity index (χ1v) is 9.58. The number of pyridine rings is 1. The maximum atomic E-state index is 12.5. The molecule has 0 atom stereocenters. The van der Waals surface area contributed by atoms with Gasteiger partial charge in [0.15, 0.2) is 11.0 Å². The van der Waals surface area contributed by atoms with Crippen molar-refractivity contribution < 1.29 is 0 Å². The maximum Gasteiger partial charge on any atom is 0.261 e. The second-order valence-corrected chi connectivity index (χ2v) is 6.93. The highest BCUT2D eigenvalue weighted by Crippen LogP contribution is 2.25. The summed E-state index contributed by atoms with van der Waals surface area (Å²) in [5.41, 5.74) is 1.65. The molecule has 0 saturated heterocycles. The van der Waals surface area contributed by atoms with Crippen LogP contribution in [0.25, 0.3) is 22.3 Å². The Morgan fingerprint density at radius 3 is 2.63 bits per heavy atom. The average Bonchev–Trinajstić information content (AvgIpc) is 3.13. The van der Waals surface area contributed by atoms with Crippen LogP contribution in [0.3, 0.4) is 0 Å². The molecular formula is C19H18N6OS. The Morgan fingerprint density at radius 1 is 1.07 bits per heavy atom. The van der Waals surface area contributed by atoms with Gasteiger partial charge >= 0.3 is 0 Å². The van der Waals surface area contributed by atoms with Crippen LogP contribution in [0.2, 0.25) is 0 Å². The maximum absolute atomic E-state index is 12.5. The van der Waals surface area contributed by atoms with E-state index in [0.717, 1.165) is 23.1 Å². The van der Waals surface area contributed by atoms with Gasteiger partial charge in [-0.25, -0.2) is 4.98 Å². The van der Waals surface area contributed by atoms with Gasteiger partial charge in [0.25, 0.3) is 5.56 Å². The van der Waals surface area contributed by atoms with Crippen LogP contribution in [-0.2, 0) is 19.3 Å². The summed E-state index contributed by atoms with van der Waals surface area (Å²) in [7, 11) is 1.75. The third-order valence-electron chi connectivity index (χ3n) is 4.38. The van der Waals surface area contributed by atoms with E-state index in [0.29, 0.717) is 22.5 Å². The molecule has 8 heteroatoms. The van der Waals surface area contributed by atoms with E-state index in [-0.39, 0.29) is 5.56 Å². The van der Waals surface area contributed by atoms with Crippen LogP contribution < -0.4 is 5.56 Å². The molecule has 4 aromatic rings. The summed E-state index contributed by atoms with van der Waals surface area (Å²) in [5, 5.41) is 10.1. The minimum Gasteiger partial charge on any atom is -0.302 e. The minimum atomic E-state index is -0.0365. The fraction of sp³-hybridized carbons (Fsp3) is 0.211.